The van der Waals surface area contributed by atoms with Gasteiger partial charge in [0.25, 0.3) is 5.91 Å². The van der Waals surface area contributed by atoms with Gasteiger partial charge in [-0.05, 0) is 44.9 Å². The van der Waals surface area contributed by atoms with Crippen molar-refractivity contribution >= 4 is 16.8 Å². The number of nitrogens with one attached hydrogen (secondary N) is 1. The maximum Gasteiger partial charge on any atom is 0.255 e. The Hall–Kier alpha value is -2.21. The van der Waals surface area contributed by atoms with E-state index in [2.05, 4.69) is 4.98 Å². The number of aromatic nitrogens is 1. The molecule has 2 N–H and O–H groups in total. The fourth-order valence-electron chi connectivity index (χ4n) is 3.31. The lowest BCUT2D eigenvalue weighted by Crippen LogP contribution is -2.48. The predicted octanol–water partition coefficient (Wildman–Crippen LogP) is 2.04. The molecular formula is C17H19FN2O3. The Morgan fingerprint density at radius 2 is 2.13 bits per heavy atom. The highest BCUT2D eigenvalue weighted by atomic mass is 19.1. The SMILES string of the molecule is CC(C)(O)C1CCCN1C(=O)c1cc(=O)[nH]c2cc(F)ccc12. The number of halogens is 1. The molecule has 122 valence electrons. The van der Waals surface area contributed by atoms with Crippen molar-refractivity contribution in [3.8, 4) is 0 Å². The van der Waals surface area contributed by atoms with E-state index in [0.717, 1.165) is 6.42 Å². The van der Waals surface area contributed by atoms with Gasteiger partial charge in [0.1, 0.15) is 5.82 Å². The topological polar surface area (TPSA) is 73.4 Å². The predicted molar refractivity (Wildman–Crippen MR) is 84.9 cm³/mol. The van der Waals surface area contributed by atoms with Crippen LogP contribution in [0.2, 0.25) is 0 Å². The molecule has 1 amide bonds. The maximum absolute atomic E-state index is 13.4. The molecule has 0 radical (unpaired) electrons. The summed E-state index contributed by atoms with van der Waals surface area (Å²) in [6.07, 6.45) is 1.52. The third-order valence-corrected chi connectivity index (χ3v) is 4.36. The summed E-state index contributed by atoms with van der Waals surface area (Å²) in [4.78, 5) is 28.9. The van der Waals surface area contributed by atoms with E-state index < -0.39 is 17.0 Å². The third-order valence-electron chi connectivity index (χ3n) is 4.36. The summed E-state index contributed by atoms with van der Waals surface area (Å²) in [6, 6.07) is 4.88. The van der Waals surface area contributed by atoms with Crippen LogP contribution in [0.15, 0.2) is 29.1 Å². The van der Waals surface area contributed by atoms with Gasteiger partial charge in [-0.3, -0.25) is 9.59 Å². The van der Waals surface area contributed by atoms with E-state index in [4.69, 9.17) is 0 Å². The summed E-state index contributed by atoms with van der Waals surface area (Å²) >= 11 is 0. The Balaban J connectivity index is 2.09. The number of pyridine rings is 1. The molecule has 1 aromatic carbocycles. The molecule has 5 nitrogen and oxygen atoms in total. The molecule has 1 saturated heterocycles. The highest BCUT2D eigenvalue weighted by Gasteiger charge is 2.39. The Morgan fingerprint density at radius 1 is 1.39 bits per heavy atom. The van der Waals surface area contributed by atoms with E-state index in [-0.39, 0.29) is 17.5 Å². The molecule has 6 heteroatoms. The van der Waals surface area contributed by atoms with Crippen LogP contribution in [0.4, 0.5) is 4.39 Å². The van der Waals surface area contributed by atoms with E-state index in [1.807, 2.05) is 0 Å². The van der Waals surface area contributed by atoms with Gasteiger partial charge in [-0.15, -0.1) is 0 Å². The number of aliphatic hydroxyl groups is 1. The first-order valence-electron chi connectivity index (χ1n) is 7.63. The molecule has 0 saturated carbocycles. The van der Waals surface area contributed by atoms with Gasteiger partial charge in [-0.1, -0.05) is 0 Å². The van der Waals surface area contributed by atoms with Crippen molar-refractivity contribution < 1.29 is 14.3 Å². The molecule has 1 fully saturated rings. The highest BCUT2D eigenvalue weighted by Crippen LogP contribution is 2.29. The van der Waals surface area contributed by atoms with Gasteiger partial charge in [0.15, 0.2) is 0 Å². The average Bonchev–Trinajstić information content (AvgIpc) is 2.94. The van der Waals surface area contributed by atoms with Crippen molar-refractivity contribution in [2.75, 3.05) is 6.54 Å². The van der Waals surface area contributed by atoms with Gasteiger partial charge >= 0.3 is 0 Å². The molecule has 1 aromatic heterocycles. The Labute approximate surface area is 132 Å². The van der Waals surface area contributed by atoms with Crippen LogP contribution in [-0.4, -0.2) is 39.1 Å². The highest BCUT2D eigenvalue weighted by molar-refractivity contribution is 6.06. The van der Waals surface area contributed by atoms with Crippen molar-refractivity contribution in [1.82, 2.24) is 9.88 Å². The van der Waals surface area contributed by atoms with Crippen LogP contribution < -0.4 is 5.56 Å². The number of hydrogen-bond donors (Lipinski definition) is 2. The fraction of sp³-hybridized carbons (Fsp3) is 0.412. The minimum atomic E-state index is -1.02. The molecular weight excluding hydrogens is 299 g/mol. The molecule has 3 rings (SSSR count). The van der Waals surface area contributed by atoms with Crippen molar-refractivity contribution in [3.63, 3.8) is 0 Å². The molecule has 2 heterocycles. The molecule has 1 atom stereocenters. The number of carbonyl (C=O) groups excluding carboxylic acids is 1. The molecule has 0 bridgehead atoms. The molecule has 1 aliphatic rings. The van der Waals surface area contributed by atoms with E-state index >= 15 is 0 Å². The number of amides is 1. The van der Waals surface area contributed by atoms with Crippen LogP contribution in [0.1, 0.15) is 37.0 Å². The summed E-state index contributed by atoms with van der Waals surface area (Å²) in [7, 11) is 0. The lowest BCUT2D eigenvalue weighted by Gasteiger charge is -2.34. The molecule has 0 aliphatic carbocycles. The number of hydrogen-bond acceptors (Lipinski definition) is 3. The van der Waals surface area contributed by atoms with Gasteiger partial charge in [0, 0.05) is 18.0 Å². The van der Waals surface area contributed by atoms with Gasteiger partial charge < -0.3 is 15.0 Å². The second-order valence-corrected chi connectivity index (χ2v) is 6.55. The smallest absolute Gasteiger partial charge is 0.255 e. The van der Waals surface area contributed by atoms with Gasteiger partial charge in [0.2, 0.25) is 5.56 Å². The number of nitrogens with zero attached hydrogens (tertiary/aromatic N) is 1. The second-order valence-electron chi connectivity index (χ2n) is 6.55. The number of carbonyl (C=O) groups is 1. The number of likely N-dealkylation sites (tertiary alicyclic amines) is 1. The van der Waals surface area contributed by atoms with Crippen molar-refractivity contribution in [2.24, 2.45) is 0 Å². The summed E-state index contributed by atoms with van der Waals surface area (Å²) < 4.78 is 13.4. The first-order valence-corrected chi connectivity index (χ1v) is 7.63. The van der Waals surface area contributed by atoms with Gasteiger partial charge in [-0.2, -0.15) is 0 Å². The zero-order valence-corrected chi connectivity index (χ0v) is 13.1. The molecule has 0 spiro atoms. The quantitative estimate of drug-likeness (QED) is 0.890. The Bertz CT molecular complexity index is 823. The molecule has 1 aliphatic heterocycles. The van der Waals surface area contributed by atoms with Crippen molar-refractivity contribution in [1.29, 1.82) is 0 Å². The Kier molecular flexibility index (Phi) is 3.72. The summed E-state index contributed by atoms with van der Waals surface area (Å²) in [5, 5.41) is 10.8. The zero-order valence-electron chi connectivity index (χ0n) is 13.1. The standard InChI is InChI=1S/C17H19FN2O3/c1-17(2,23)14-4-3-7-20(14)16(22)12-9-15(21)19-13-8-10(18)5-6-11(12)13/h5-6,8-9,14,23H,3-4,7H2,1-2H3,(H,19,21). The zero-order chi connectivity index (χ0) is 16.8. The average molecular weight is 318 g/mol. The van der Waals surface area contributed by atoms with Crippen LogP contribution in [0, 0.1) is 5.82 Å². The molecule has 1 unspecified atom stereocenters. The third kappa shape index (κ3) is 2.86. The lowest BCUT2D eigenvalue weighted by molar-refractivity contribution is 0.000404. The van der Waals surface area contributed by atoms with Gasteiger partial charge in [0.05, 0.1) is 22.7 Å². The second kappa shape index (κ2) is 5.45. The van der Waals surface area contributed by atoms with E-state index in [9.17, 15) is 19.1 Å². The Morgan fingerprint density at radius 3 is 2.83 bits per heavy atom. The van der Waals surface area contributed by atoms with Gasteiger partial charge in [-0.25, -0.2) is 4.39 Å². The minimum Gasteiger partial charge on any atom is -0.388 e. The van der Waals surface area contributed by atoms with Crippen LogP contribution in [-0.2, 0) is 0 Å². The maximum atomic E-state index is 13.4. The first kappa shape index (κ1) is 15.7. The van der Waals surface area contributed by atoms with Crippen LogP contribution in [0.3, 0.4) is 0 Å². The first-order chi connectivity index (χ1) is 10.8. The van der Waals surface area contributed by atoms with E-state index in [0.29, 0.717) is 23.9 Å². The fourth-order valence-corrected chi connectivity index (χ4v) is 3.31. The van der Waals surface area contributed by atoms with Crippen molar-refractivity contribution in [3.05, 3.63) is 46.0 Å². The van der Waals surface area contributed by atoms with E-state index in [1.54, 1.807) is 18.7 Å². The largest absolute Gasteiger partial charge is 0.388 e. The van der Waals surface area contributed by atoms with Crippen LogP contribution in [0.25, 0.3) is 10.9 Å². The van der Waals surface area contributed by atoms with Crippen LogP contribution >= 0.6 is 0 Å². The summed E-state index contributed by atoms with van der Waals surface area (Å²) in [6.45, 7) is 3.88. The molecule has 2 aromatic rings. The number of rotatable bonds is 2. The van der Waals surface area contributed by atoms with Crippen LogP contribution in [0.5, 0.6) is 0 Å². The summed E-state index contributed by atoms with van der Waals surface area (Å²) in [5.41, 5.74) is -0.944. The minimum absolute atomic E-state index is 0.236. The van der Waals surface area contributed by atoms with E-state index in [1.165, 1.54) is 24.3 Å². The number of aromatic amines is 1. The summed E-state index contributed by atoms with van der Waals surface area (Å²) in [5.74, 6) is -0.786. The van der Waals surface area contributed by atoms with Crippen molar-refractivity contribution in [2.45, 2.75) is 38.3 Å². The normalized spacial score (nSPS) is 18.6. The number of H-pyrrole nitrogens is 1. The number of benzene rings is 1. The molecule has 23 heavy (non-hydrogen) atoms. The lowest BCUT2D eigenvalue weighted by atomic mass is 9.96. The monoisotopic (exact) mass is 318 g/mol. The number of fused-ring (bicyclic) bond motifs is 1.